The molecule has 1 aliphatic carbocycles. The average molecular weight is 392 g/mol. The van der Waals surface area contributed by atoms with E-state index in [1.54, 1.807) is 0 Å². The lowest BCUT2D eigenvalue weighted by Gasteiger charge is -2.26. The van der Waals surface area contributed by atoms with Gasteiger partial charge in [-0.05, 0) is 57.0 Å². The Kier molecular flexibility index (Phi) is 7.75. The van der Waals surface area contributed by atoms with Crippen molar-refractivity contribution in [2.24, 2.45) is 5.73 Å². The van der Waals surface area contributed by atoms with E-state index in [2.05, 4.69) is 23.7 Å². The monoisotopic (exact) mass is 391 g/mol. The highest BCUT2D eigenvalue weighted by Gasteiger charge is 2.22. The number of nitrogens with zero attached hydrogens (tertiary/aromatic N) is 1. The second-order valence-electron chi connectivity index (χ2n) is 7.06. The van der Waals surface area contributed by atoms with Crippen LogP contribution < -0.4 is 15.8 Å². The van der Waals surface area contributed by atoms with E-state index < -0.39 is 0 Å². The van der Waals surface area contributed by atoms with E-state index in [4.69, 9.17) is 10.5 Å². The Balaban J connectivity index is 0.00000261. The first-order valence-corrected chi connectivity index (χ1v) is 9.53. The largest absolute Gasteiger partial charge is 0.492 e. The fourth-order valence-corrected chi connectivity index (χ4v) is 3.92. The molecule has 1 aliphatic rings. The van der Waals surface area contributed by atoms with Gasteiger partial charge in [-0.15, -0.1) is 12.4 Å². The number of hydrogen-bond donors (Lipinski definition) is 2. The number of aryl methyl sites for hydroxylation is 1. The van der Waals surface area contributed by atoms with E-state index in [-0.39, 0.29) is 18.3 Å². The number of anilines is 1. The molecular formula is C21H30ClN3O2. The number of amides is 1. The minimum absolute atomic E-state index is 0. The maximum Gasteiger partial charge on any atom is 0.257 e. The summed E-state index contributed by atoms with van der Waals surface area (Å²) in [5, 5.41) is 2.99. The molecule has 2 aromatic rings. The Morgan fingerprint density at radius 3 is 2.48 bits per heavy atom. The van der Waals surface area contributed by atoms with Gasteiger partial charge in [-0.25, -0.2) is 0 Å². The molecule has 0 atom stereocenters. The molecule has 6 heteroatoms. The predicted octanol–water partition coefficient (Wildman–Crippen LogP) is 4.62. The number of rotatable bonds is 6. The summed E-state index contributed by atoms with van der Waals surface area (Å²) in [4.78, 5) is 12.8. The van der Waals surface area contributed by atoms with E-state index in [1.165, 1.54) is 37.8 Å². The molecule has 0 aliphatic heterocycles. The maximum absolute atomic E-state index is 12.8. The molecule has 1 fully saturated rings. The summed E-state index contributed by atoms with van der Waals surface area (Å²) in [5.41, 5.74) is 9.19. The molecular weight excluding hydrogens is 362 g/mol. The molecule has 3 rings (SSSR count). The van der Waals surface area contributed by atoms with Crippen LogP contribution in [0.3, 0.4) is 0 Å². The first-order valence-electron chi connectivity index (χ1n) is 9.53. The molecule has 1 aromatic heterocycles. The van der Waals surface area contributed by atoms with Crippen molar-refractivity contribution in [2.75, 3.05) is 18.5 Å². The van der Waals surface area contributed by atoms with Crippen molar-refractivity contribution >= 4 is 24.0 Å². The summed E-state index contributed by atoms with van der Waals surface area (Å²) in [6.45, 7) is 5.12. The highest BCUT2D eigenvalue weighted by molar-refractivity contribution is 6.05. The van der Waals surface area contributed by atoms with Gasteiger partial charge in [0, 0.05) is 29.7 Å². The molecule has 3 N–H and O–H groups in total. The number of hydrogen-bond acceptors (Lipinski definition) is 3. The summed E-state index contributed by atoms with van der Waals surface area (Å²) in [5.74, 6) is 0.694. The van der Waals surface area contributed by atoms with Gasteiger partial charge in [-0.2, -0.15) is 0 Å². The second kappa shape index (κ2) is 9.81. The van der Waals surface area contributed by atoms with Crippen LogP contribution in [0.2, 0.25) is 0 Å². The fraction of sp³-hybridized carbons (Fsp3) is 0.476. The normalized spacial score (nSPS) is 14.5. The van der Waals surface area contributed by atoms with Crippen molar-refractivity contribution in [1.29, 1.82) is 0 Å². The molecule has 27 heavy (non-hydrogen) atoms. The van der Waals surface area contributed by atoms with Crippen LogP contribution in [-0.4, -0.2) is 23.6 Å². The van der Waals surface area contributed by atoms with Crippen molar-refractivity contribution in [1.82, 2.24) is 4.57 Å². The Labute approximate surface area is 167 Å². The minimum atomic E-state index is -0.0595. The van der Waals surface area contributed by atoms with Gasteiger partial charge in [-0.3, -0.25) is 4.79 Å². The lowest BCUT2D eigenvalue weighted by molar-refractivity contribution is 0.102. The van der Waals surface area contributed by atoms with Gasteiger partial charge >= 0.3 is 0 Å². The number of carbonyl (C=O) groups is 1. The van der Waals surface area contributed by atoms with Crippen LogP contribution in [0.15, 0.2) is 30.3 Å². The molecule has 0 unspecified atom stereocenters. The quantitative estimate of drug-likeness (QED) is 0.754. The standard InChI is InChI=1S/C21H29N3O2.ClH/c1-15-14-20(16(2)24(15)18-6-4-3-5-7-18)21(25)23-17-8-10-19(11-9-17)26-13-12-22;/h8-11,14,18H,3-7,12-13,22H2,1-2H3,(H,23,25);1H. The molecule has 0 bridgehead atoms. The van der Waals surface area contributed by atoms with Gasteiger partial charge in [0.15, 0.2) is 0 Å². The summed E-state index contributed by atoms with van der Waals surface area (Å²) in [6.07, 6.45) is 6.31. The molecule has 1 aromatic carbocycles. The van der Waals surface area contributed by atoms with Gasteiger partial charge in [0.1, 0.15) is 12.4 Å². The Hall–Kier alpha value is -1.98. The molecule has 1 amide bonds. The number of halogens is 1. The van der Waals surface area contributed by atoms with Crippen LogP contribution in [0.1, 0.15) is 59.9 Å². The minimum Gasteiger partial charge on any atom is -0.492 e. The Morgan fingerprint density at radius 2 is 1.85 bits per heavy atom. The van der Waals surface area contributed by atoms with Crippen molar-refractivity contribution < 1.29 is 9.53 Å². The van der Waals surface area contributed by atoms with E-state index in [0.29, 0.717) is 19.2 Å². The van der Waals surface area contributed by atoms with Crippen molar-refractivity contribution in [2.45, 2.75) is 52.0 Å². The number of ether oxygens (including phenoxy) is 1. The van der Waals surface area contributed by atoms with Crippen molar-refractivity contribution in [3.63, 3.8) is 0 Å². The highest BCUT2D eigenvalue weighted by Crippen LogP contribution is 2.32. The van der Waals surface area contributed by atoms with E-state index >= 15 is 0 Å². The summed E-state index contributed by atoms with van der Waals surface area (Å²) in [6, 6.07) is 9.93. The molecule has 5 nitrogen and oxygen atoms in total. The number of benzene rings is 1. The summed E-state index contributed by atoms with van der Waals surface area (Å²) >= 11 is 0. The topological polar surface area (TPSA) is 69.3 Å². The average Bonchev–Trinajstić information content (AvgIpc) is 2.96. The maximum atomic E-state index is 12.8. The zero-order valence-electron chi connectivity index (χ0n) is 16.2. The van der Waals surface area contributed by atoms with Gasteiger partial charge in [-0.1, -0.05) is 19.3 Å². The summed E-state index contributed by atoms with van der Waals surface area (Å²) in [7, 11) is 0. The number of carbonyl (C=O) groups excluding carboxylic acids is 1. The van der Waals surface area contributed by atoms with Gasteiger partial charge in [0.05, 0.1) is 5.56 Å². The number of nitrogens with two attached hydrogens (primary N) is 1. The predicted molar refractivity (Wildman–Crippen MR) is 112 cm³/mol. The lowest BCUT2D eigenvalue weighted by Crippen LogP contribution is -2.17. The van der Waals surface area contributed by atoms with Crippen LogP contribution in [0.4, 0.5) is 5.69 Å². The zero-order chi connectivity index (χ0) is 18.5. The van der Waals surface area contributed by atoms with Crippen LogP contribution in [-0.2, 0) is 0 Å². The molecule has 1 saturated carbocycles. The molecule has 0 saturated heterocycles. The van der Waals surface area contributed by atoms with E-state index in [9.17, 15) is 4.79 Å². The van der Waals surface area contributed by atoms with E-state index in [0.717, 1.165) is 22.7 Å². The van der Waals surface area contributed by atoms with Crippen LogP contribution in [0.5, 0.6) is 5.75 Å². The third-order valence-electron chi connectivity index (χ3n) is 5.17. The summed E-state index contributed by atoms with van der Waals surface area (Å²) < 4.78 is 7.82. The molecule has 0 spiro atoms. The molecule has 1 heterocycles. The third kappa shape index (κ3) is 5.05. The first-order chi connectivity index (χ1) is 12.6. The Morgan fingerprint density at radius 1 is 1.19 bits per heavy atom. The number of aromatic nitrogens is 1. The van der Waals surface area contributed by atoms with Gasteiger partial charge in [0.25, 0.3) is 5.91 Å². The van der Waals surface area contributed by atoms with E-state index in [1.807, 2.05) is 30.3 Å². The van der Waals surface area contributed by atoms with Crippen LogP contribution in [0.25, 0.3) is 0 Å². The molecule has 148 valence electrons. The zero-order valence-corrected chi connectivity index (χ0v) is 17.0. The first kappa shape index (κ1) is 21.3. The third-order valence-corrected chi connectivity index (χ3v) is 5.17. The van der Waals surface area contributed by atoms with Crippen molar-refractivity contribution in [3.8, 4) is 5.75 Å². The van der Waals surface area contributed by atoms with Crippen molar-refractivity contribution in [3.05, 3.63) is 47.3 Å². The second-order valence-corrected chi connectivity index (χ2v) is 7.06. The lowest BCUT2D eigenvalue weighted by atomic mass is 9.95. The number of nitrogens with one attached hydrogen (secondary N) is 1. The van der Waals surface area contributed by atoms with Crippen LogP contribution >= 0.6 is 12.4 Å². The van der Waals surface area contributed by atoms with Gasteiger partial charge in [0.2, 0.25) is 0 Å². The SMILES string of the molecule is Cc1cc(C(=O)Nc2ccc(OCCN)cc2)c(C)n1C1CCCCC1.Cl. The highest BCUT2D eigenvalue weighted by atomic mass is 35.5. The Bertz CT molecular complexity index is 750. The fourth-order valence-electron chi connectivity index (χ4n) is 3.92. The smallest absolute Gasteiger partial charge is 0.257 e. The molecule has 0 radical (unpaired) electrons. The van der Waals surface area contributed by atoms with Crippen LogP contribution in [0, 0.1) is 13.8 Å². The van der Waals surface area contributed by atoms with Gasteiger partial charge < -0.3 is 20.4 Å².